The zero-order chi connectivity index (χ0) is 29.0. The SMILES string of the molecule is C[C@H](COP(OC(C)(C)C)OC(C)(C)C)NC(=O)c1ccc2c(Oc3ccc(C(F)(F)F)cc3)cccc2c1. The molecule has 0 fully saturated rings. The normalized spacial score (nSPS) is 13.5. The number of rotatable bonds is 9. The molecule has 0 radical (unpaired) electrons. The van der Waals surface area contributed by atoms with Crippen molar-refractivity contribution in [3.63, 3.8) is 0 Å². The predicted molar refractivity (Wildman–Crippen MR) is 147 cm³/mol. The molecular formula is C29H35F3NO5P. The number of benzene rings is 3. The van der Waals surface area contributed by atoms with Crippen molar-refractivity contribution in [2.75, 3.05) is 6.61 Å². The van der Waals surface area contributed by atoms with E-state index >= 15 is 0 Å². The van der Waals surface area contributed by atoms with Crippen molar-refractivity contribution in [2.45, 2.75) is 71.9 Å². The van der Waals surface area contributed by atoms with E-state index in [1.54, 1.807) is 30.3 Å². The highest BCUT2D eigenvalue weighted by Crippen LogP contribution is 2.47. The van der Waals surface area contributed by atoms with E-state index in [9.17, 15) is 18.0 Å². The molecule has 3 aromatic rings. The Labute approximate surface area is 228 Å². The van der Waals surface area contributed by atoms with E-state index in [0.717, 1.165) is 22.9 Å². The zero-order valence-electron chi connectivity index (χ0n) is 23.2. The molecule has 0 aliphatic rings. The van der Waals surface area contributed by atoms with Crippen molar-refractivity contribution in [1.29, 1.82) is 0 Å². The Morgan fingerprint density at radius 3 is 2.08 bits per heavy atom. The molecule has 0 heterocycles. The van der Waals surface area contributed by atoms with Gasteiger partial charge in [-0.2, -0.15) is 13.2 Å². The number of fused-ring (bicyclic) bond motifs is 1. The van der Waals surface area contributed by atoms with Crippen LogP contribution in [-0.2, 0) is 19.7 Å². The lowest BCUT2D eigenvalue weighted by Crippen LogP contribution is -2.36. The van der Waals surface area contributed by atoms with Gasteiger partial charge in [0.05, 0.1) is 29.4 Å². The molecule has 6 nitrogen and oxygen atoms in total. The topological polar surface area (TPSA) is 66.0 Å². The minimum atomic E-state index is -4.42. The third kappa shape index (κ3) is 9.76. The maximum atomic E-state index is 12.9. The van der Waals surface area contributed by atoms with Crippen LogP contribution in [0, 0.1) is 0 Å². The maximum absolute atomic E-state index is 12.9. The maximum Gasteiger partial charge on any atom is 0.416 e. The summed E-state index contributed by atoms with van der Waals surface area (Å²) in [5.74, 6) is 0.462. The van der Waals surface area contributed by atoms with Gasteiger partial charge in [0, 0.05) is 10.9 Å². The van der Waals surface area contributed by atoms with Gasteiger partial charge in [-0.1, -0.05) is 12.1 Å². The number of amides is 1. The molecule has 1 N–H and O–H groups in total. The van der Waals surface area contributed by atoms with Crippen LogP contribution in [0.15, 0.2) is 60.7 Å². The van der Waals surface area contributed by atoms with Gasteiger partial charge >= 0.3 is 14.8 Å². The Morgan fingerprint density at radius 2 is 1.51 bits per heavy atom. The predicted octanol–water partition coefficient (Wildman–Crippen LogP) is 8.64. The van der Waals surface area contributed by atoms with Gasteiger partial charge in [-0.3, -0.25) is 4.79 Å². The quantitative estimate of drug-likeness (QED) is 0.263. The molecule has 10 heteroatoms. The van der Waals surface area contributed by atoms with Crippen LogP contribution in [0.1, 0.15) is 64.4 Å². The molecule has 0 aliphatic heterocycles. The van der Waals surface area contributed by atoms with Crippen LogP contribution >= 0.6 is 8.60 Å². The number of alkyl halides is 3. The van der Waals surface area contributed by atoms with Crippen molar-refractivity contribution < 1.29 is 36.3 Å². The molecule has 39 heavy (non-hydrogen) atoms. The average molecular weight is 566 g/mol. The Morgan fingerprint density at radius 1 is 0.897 bits per heavy atom. The lowest BCUT2D eigenvalue weighted by molar-refractivity contribution is -0.137. The van der Waals surface area contributed by atoms with Crippen LogP contribution in [0.5, 0.6) is 11.5 Å². The summed E-state index contributed by atoms with van der Waals surface area (Å²) in [5, 5.41) is 4.39. The standard InChI is InChI=1S/C29H35F3NO5P/c1-19(18-35-39(37-27(2,3)4)38-28(5,6)7)33-26(34)21-11-16-24-20(17-21)9-8-10-25(24)36-23-14-12-22(13-15-23)29(30,31)32/h8-17,19H,18H2,1-7H3,(H,33,34)/t19-/m1/s1. The minimum absolute atomic E-state index is 0.197. The van der Waals surface area contributed by atoms with Crippen LogP contribution < -0.4 is 10.1 Å². The number of halogens is 3. The fourth-order valence-electron chi connectivity index (χ4n) is 3.36. The molecule has 0 saturated heterocycles. The van der Waals surface area contributed by atoms with Gasteiger partial charge in [-0.25, -0.2) is 0 Å². The monoisotopic (exact) mass is 565 g/mol. The summed E-state index contributed by atoms with van der Waals surface area (Å²) in [6.07, 6.45) is -4.42. The molecule has 0 aliphatic carbocycles. The fourth-order valence-corrected chi connectivity index (χ4v) is 4.75. The van der Waals surface area contributed by atoms with Crippen molar-refractivity contribution in [1.82, 2.24) is 5.32 Å². The third-order valence-electron chi connectivity index (χ3n) is 5.02. The fraction of sp³-hybridized carbons (Fsp3) is 0.414. The molecule has 3 rings (SSSR count). The second kappa shape index (κ2) is 12.2. The minimum Gasteiger partial charge on any atom is -0.457 e. The van der Waals surface area contributed by atoms with Crippen molar-refractivity contribution in [3.05, 3.63) is 71.8 Å². The molecule has 0 aromatic heterocycles. The smallest absolute Gasteiger partial charge is 0.416 e. The number of hydrogen-bond acceptors (Lipinski definition) is 5. The van der Waals surface area contributed by atoms with E-state index in [1.165, 1.54) is 12.1 Å². The second-order valence-electron chi connectivity index (χ2n) is 11.1. The lowest BCUT2D eigenvalue weighted by atomic mass is 10.1. The first-order chi connectivity index (χ1) is 18.0. The van der Waals surface area contributed by atoms with E-state index in [-0.39, 0.29) is 24.3 Å². The summed E-state index contributed by atoms with van der Waals surface area (Å²) in [5.41, 5.74) is -1.21. The van der Waals surface area contributed by atoms with Crippen LogP contribution in [0.4, 0.5) is 13.2 Å². The molecule has 0 saturated carbocycles. The van der Waals surface area contributed by atoms with Crippen molar-refractivity contribution in [3.8, 4) is 11.5 Å². The average Bonchev–Trinajstić information content (AvgIpc) is 2.80. The van der Waals surface area contributed by atoms with Gasteiger partial charge in [0.1, 0.15) is 11.5 Å². The van der Waals surface area contributed by atoms with E-state index in [2.05, 4.69) is 5.32 Å². The molecule has 3 aromatic carbocycles. The Bertz CT molecular complexity index is 1250. The molecular weight excluding hydrogens is 530 g/mol. The van der Waals surface area contributed by atoms with E-state index in [4.69, 9.17) is 18.3 Å². The number of nitrogens with one attached hydrogen (secondary N) is 1. The van der Waals surface area contributed by atoms with Crippen LogP contribution in [0.25, 0.3) is 10.8 Å². The van der Waals surface area contributed by atoms with Gasteiger partial charge in [-0.05, 0) is 102 Å². The van der Waals surface area contributed by atoms with E-state index in [0.29, 0.717) is 11.3 Å². The first-order valence-corrected chi connectivity index (χ1v) is 13.6. The molecule has 0 spiro atoms. The summed E-state index contributed by atoms with van der Waals surface area (Å²) in [6.45, 7) is 13.5. The summed E-state index contributed by atoms with van der Waals surface area (Å²) in [6, 6.07) is 14.6. The molecule has 1 amide bonds. The highest BCUT2D eigenvalue weighted by Gasteiger charge is 2.30. The van der Waals surface area contributed by atoms with Gasteiger partial charge in [0.2, 0.25) is 0 Å². The number of carbonyl (C=O) groups excluding carboxylic acids is 1. The molecule has 0 unspecified atom stereocenters. The van der Waals surface area contributed by atoms with Gasteiger partial charge < -0.3 is 23.6 Å². The van der Waals surface area contributed by atoms with E-state index in [1.807, 2.05) is 54.5 Å². The van der Waals surface area contributed by atoms with Gasteiger partial charge in [0.25, 0.3) is 5.91 Å². The lowest BCUT2D eigenvalue weighted by Gasteiger charge is -2.31. The highest BCUT2D eigenvalue weighted by atomic mass is 31.2. The Kier molecular flexibility index (Phi) is 9.65. The molecule has 1 atom stereocenters. The van der Waals surface area contributed by atoms with Crippen LogP contribution in [-0.4, -0.2) is 29.8 Å². The van der Waals surface area contributed by atoms with Gasteiger partial charge in [0.15, 0.2) is 0 Å². The van der Waals surface area contributed by atoms with Crippen molar-refractivity contribution in [2.24, 2.45) is 0 Å². The summed E-state index contributed by atoms with van der Waals surface area (Å²) in [7, 11) is -1.63. The molecule has 0 bridgehead atoms. The summed E-state index contributed by atoms with van der Waals surface area (Å²) >= 11 is 0. The first kappa shape index (κ1) is 30.8. The van der Waals surface area contributed by atoms with Gasteiger partial charge in [-0.15, -0.1) is 0 Å². The van der Waals surface area contributed by atoms with Crippen LogP contribution in [0.3, 0.4) is 0 Å². The number of hydrogen-bond donors (Lipinski definition) is 1. The number of carbonyl (C=O) groups is 1. The summed E-state index contributed by atoms with van der Waals surface area (Å²) < 4.78 is 62.1. The number of ether oxygens (including phenoxy) is 1. The Hall–Kier alpha value is -2.71. The Balaban J connectivity index is 1.66. The largest absolute Gasteiger partial charge is 0.457 e. The van der Waals surface area contributed by atoms with Crippen molar-refractivity contribution >= 4 is 25.3 Å². The van der Waals surface area contributed by atoms with E-state index < -0.39 is 31.5 Å². The van der Waals surface area contributed by atoms with Crippen LogP contribution in [0.2, 0.25) is 0 Å². The summed E-state index contributed by atoms with van der Waals surface area (Å²) in [4.78, 5) is 12.9. The molecule has 212 valence electrons. The first-order valence-electron chi connectivity index (χ1n) is 12.5. The third-order valence-corrected chi connectivity index (χ3v) is 6.77. The zero-order valence-corrected chi connectivity index (χ0v) is 24.1. The highest BCUT2D eigenvalue weighted by molar-refractivity contribution is 7.41. The second-order valence-corrected chi connectivity index (χ2v) is 12.2.